The largest absolute Gasteiger partial charge is 0.504 e. The van der Waals surface area contributed by atoms with Gasteiger partial charge in [0.25, 0.3) is 0 Å². The highest BCUT2D eigenvalue weighted by atomic mass is 32.2. The van der Waals surface area contributed by atoms with Crippen molar-refractivity contribution in [3.63, 3.8) is 0 Å². The highest BCUT2D eigenvalue weighted by Gasteiger charge is 2.41. The molecule has 0 aliphatic carbocycles. The van der Waals surface area contributed by atoms with Crippen LogP contribution in [0.15, 0.2) is 40.1 Å². The van der Waals surface area contributed by atoms with Crippen LogP contribution < -0.4 is 0 Å². The Kier molecular flexibility index (Phi) is 4.88. The molecule has 2 N–H and O–H groups in total. The zero-order valence-corrected chi connectivity index (χ0v) is 14.4. The van der Waals surface area contributed by atoms with E-state index in [1.807, 2.05) is 42.3 Å². The van der Waals surface area contributed by atoms with Crippen molar-refractivity contribution in [2.75, 3.05) is 20.1 Å². The molecule has 1 aliphatic heterocycles. The second kappa shape index (κ2) is 6.80. The van der Waals surface area contributed by atoms with Crippen molar-refractivity contribution in [2.24, 2.45) is 0 Å². The quantitative estimate of drug-likeness (QED) is 0.775. The molecule has 1 aliphatic rings. The van der Waals surface area contributed by atoms with Crippen LogP contribution in [0.25, 0.3) is 0 Å². The number of fused-ring (bicyclic) bond motifs is 1. The maximum atomic E-state index is 13.5. The van der Waals surface area contributed by atoms with Crippen molar-refractivity contribution in [1.29, 1.82) is 0 Å². The molecule has 0 bridgehead atoms. The van der Waals surface area contributed by atoms with Crippen molar-refractivity contribution < 1.29 is 23.4 Å². The van der Waals surface area contributed by atoms with Crippen LogP contribution >= 0.6 is 11.8 Å². The lowest BCUT2D eigenvalue weighted by Gasteiger charge is -2.21. The molecule has 2 aromatic rings. The fraction of sp³-hybridized carbons (Fsp3) is 0.333. The average Bonchev–Trinajstić information content (AvgIpc) is 2.74. The van der Waals surface area contributed by atoms with Crippen LogP contribution in [-0.2, 0) is 19.0 Å². The maximum Gasteiger partial charge on any atom is 0.420 e. The summed E-state index contributed by atoms with van der Waals surface area (Å²) >= 11 is 1.18. The zero-order valence-electron chi connectivity index (χ0n) is 13.6. The molecule has 25 heavy (non-hydrogen) atoms. The lowest BCUT2D eigenvalue weighted by atomic mass is 9.95. The van der Waals surface area contributed by atoms with Crippen LogP contribution in [0.4, 0.5) is 13.2 Å². The Morgan fingerprint density at radius 2 is 1.56 bits per heavy atom. The van der Waals surface area contributed by atoms with Crippen molar-refractivity contribution in [1.82, 2.24) is 4.90 Å². The first kappa shape index (κ1) is 17.9. The van der Waals surface area contributed by atoms with Crippen molar-refractivity contribution in [3.8, 4) is 11.5 Å². The van der Waals surface area contributed by atoms with E-state index in [1.165, 1.54) is 11.8 Å². The van der Waals surface area contributed by atoms with Gasteiger partial charge in [-0.25, -0.2) is 0 Å². The normalized spacial score (nSPS) is 15.7. The third-order valence-corrected chi connectivity index (χ3v) is 5.50. The summed E-state index contributed by atoms with van der Waals surface area (Å²) in [5.74, 6) is -1.77. The minimum Gasteiger partial charge on any atom is -0.504 e. The van der Waals surface area contributed by atoms with E-state index >= 15 is 0 Å². The van der Waals surface area contributed by atoms with E-state index in [9.17, 15) is 23.4 Å². The molecular weight excluding hydrogens is 351 g/mol. The monoisotopic (exact) mass is 369 g/mol. The van der Waals surface area contributed by atoms with Gasteiger partial charge in [0.2, 0.25) is 0 Å². The van der Waals surface area contributed by atoms with Gasteiger partial charge in [0.15, 0.2) is 11.5 Å². The molecule has 7 heteroatoms. The summed E-state index contributed by atoms with van der Waals surface area (Å²) in [6.07, 6.45) is -4.15. The van der Waals surface area contributed by atoms with E-state index < -0.39 is 23.2 Å². The topological polar surface area (TPSA) is 43.7 Å². The molecule has 0 fully saturated rings. The van der Waals surface area contributed by atoms with E-state index in [2.05, 4.69) is 0 Å². The molecule has 0 aromatic heterocycles. The highest BCUT2D eigenvalue weighted by molar-refractivity contribution is 7.99. The Labute approximate surface area is 148 Å². The van der Waals surface area contributed by atoms with Crippen LogP contribution in [0, 0.1) is 0 Å². The van der Waals surface area contributed by atoms with Crippen LogP contribution in [0.1, 0.15) is 16.7 Å². The number of halogens is 3. The maximum absolute atomic E-state index is 13.5. The fourth-order valence-corrected chi connectivity index (χ4v) is 4.15. The van der Waals surface area contributed by atoms with Crippen molar-refractivity contribution in [2.45, 2.75) is 28.8 Å². The van der Waals surface area contributed by atoms with Gasteiger partial charge >= 0.3 is 6.18 Å². The van der Waals surface area contributed by atoms with Gasteiger partial charge in [-0.3, -0.25) is 0 Å². The Bertz CT molecular complexity index is 778. The molecule has 0 spiro atoms. The number of nitrogens with zero attached hydrogens (tertiary/aromatic N) is 1. The summed E-state index contributed by atoms with van der Waals surface area (Å²) in [6, 6.07) is 9.09. The minimum atomic E-state index is -4.72. The Morgan fingerprint density at radius 1 is 0.960 bits per heavy atom. The van der Waals surface area contributed by atoms with E-state index in [1.54, 1.807) is 0 Å². The fourth-order valence-electron chi connectivity index (χ4n) is 3.08. The number of phenols is 2. The number of hydrogen-bond acceptors (Lipinski definition) is 4. The molecule has 0 radical (unpaired) electrons. The second-order valence-electron chi connectivity index (χ2n) is 6.07. The number of hydrogen-bond donors (Lipinski definition) is 2. The molecule has 2 aromatic carbocycles. The van der Waals surface area contributed by atoms with E-state index in [-0.39, 0.29) is 12.0 Å². The third kappa shape index (κ3) is 3.57. The lowest BCUT2D eigenvalue weighted by Crippen LogP contribution is -2.21. The van der Waals surface area contributed by atoms with Gasteiger partial charge in [-0.1, -0.05) is 30.0 Å². The van der Waals surface area contributed by atoms with Gasteiger partial charge in [0.1, 0.15) is 5.56 Å². The highest BCUT2D eigenvalue weighted by Crippen LogP contribution is 2.51. The molecule has 3 nitrogen and oxygen atoms in total. The van der Waals surface area contributed by atoms with Gasteiger partial charge in [0.05, 0.1) is 4.90 Å². The minimum absolute atomic E-state index is 0.0885. The van der Waals surface area contributed by atoms with E-state index in [0.29, 0.717) is 30.0 Å². The molecule has 1 heterocycles. The number of alkyl halides is 3. The lowest BCUT2D eigenvalue weighted by molar-refractivity contribution is -0.139. The van der Waals surface area contributed by atoms with Crippen LogP contribution in [0.2, 0.25) is 0 Å². The van der Waals surface area contributed by atoms with Crippen molar-refractivity contribution >= 4 is 11.8 Å². The number of phenolic OH excluding ortho intramolecular Hbond substituents is 2. The average molecular weight is 369 g/mol. The number of benzene rings is 2. The first-order valence-electron chi connectivity index (χ1n) is 7.87. The zero-order chi connectivity index (χ0) is 18.2. The summed E-state index contributed by atoms with van der Waals surface area (Å²) in [7, 11) is 1.85. The molecule has 3 rings (SSSR count). The summed E-state index contributed by atoms with van der Waals surface area (Å²) in [6.45, 7) is 1.06. The van der Waals surface area contributed by atoms with Gasteiger partial charge < -0.3 is 15.1 Å². The summed E-state index contributed by atoms with van der Waals surface area (Å²) < 4.78 is 40.5. The standard InChI is InChI=1S/C18H18F3NO2S/c1-22-9-7-12-13(8-10-22)17(25-11-5-3-2-4-6-11)16(24)15(23)14(12)18(19,20)21/h2-6,23-24H,7-10H2,1H3. The van der Waals surface area contributed by atoms with Crippen LogP contribution in [-0.4, -0.2) is 35.3 Å². The summed E-state index contributed by atoms with van der Waals surface area (Å²) in [5, 5.41) is 20.4. The van der Waals surface area contributed by atoms with Crippen LogP contribution in [0.5, 0.6) is 11.5 Å². The first-order chi connectivity index (χ1) is 11.8. The van der Waals surface area contributed by atoms with Gasteiger partial charge in [-0.05, 0) is 43.1 Å². The summed E-state index contributed by atoms with van der Waals surface area (Å²) in [5.41, 5.74) is -0.542. The molecule has 0 unspecified atom stereocenters. The molecule has 0 atom stereocenters. The Morgan fingerprint density at radius 3 is 2.16 bits per heavy atom. The third-order valence-electron chi connectivity index (χ3n) is 4.35. The van der Waals surface area contributed by atoms with Crippen LogP contribution in [0.3, 0.4) is 0 Å². The molecule has 0 saturated heterocycles. The first-order valence-corrected chi connectivity index (χ1v) is 8.69. The van der Waals surface area contributed by atoms with Crippen molar-refractivity contribution in [3.05, 3.63) is 47.0 Å². The predicted molar refractivity (Wildman–Crippen MR) is 90.2 cm³/mol. The Hall–Kier alpha value is -1.86. The van der Waals surface area contributed by atoms with E-state index in [4.69, 9.17) is 0 Å². The summed E-state index contributed by atoms with van der Waals surface area (Å²) in [4.78, 5) is 3.05. The number of likely N-dealkylation sites (N-methyl/N-ethyl adjacent to an activating group) is 1. The molecule has 0 saturated carbocycles. The molecule has 134 valence electrons. The molecular formula is C18H18F3NO2S. The van der Waals surface area contributed by atoms with Gasteiger partial charge in [-0.2, -0.15) is 13.2 Å². The van der Waals surface area contributed by atoms with Gasteiger partial charge in [-0.15, -0.1) is 0 Å². The Balaban J connectivity index is 2.20. The smallest absolute Gasteiger partial charge is 0.420 e. The number of aromatic hydroxyl groups is 2. The molecule has 0 amide bonds. The predicted octanol–water partition coefficient (Wildman–Crippen LogP) is 4.30. The van der Waals surface area contributed by atoms with E-state index in [0.717, 1.165) is 4.90 Å². The van der Waals surface area contributed by atoms with Gasteiger partial charge in [0, 0.05) is 18.0 Å². The SMILES string of the molecule is CN1CCc2c(c(C(F)(F)F)c(O)c(O)c2Sc2ccccc2)CC1. The number of rotatable bonds is 2. The second-order valence-corrected chi connectivity index (χ2v) is 7.16.